The largest absolute Gasteiger partial charge is 0.481 e. The number of aromatic amines is 1. The zero-order chi connectivity index (χ0) is 16.5. The van der Waals surface area contributed by atoms with Gasteiger partial charge in [-0.25, -0.2) is 0 Å². The van der Waals surface area contributed by atoms with Gasteiger partial charge in [-0.1, -0.05) is 23.7 Å². The molecule has 1 atom stereocenters. The van der Waals surface area contributed by atoms with E-state index >= 15 is 0 Å². The Kier molecular flexibility index (Phi) is 7.38. The predicted octanol–water partition coefficient (Wildman–Crippen LogP) is 1.28. The summed E-state index contributed by atoms with van der Waals surface area (Å²) in [6, 6.07) is 8.41. The third-order valence-corrected chi connectivity index (χ3v) is 3.07. The lowest BCUT2D eigenvalue weighted by Gasteiger charge is -2.12. The van der Waals surface area contributed by atoms with Crippen LogP contribution in [0.3, 0.4) is 0 Å². The third-order valence-electron chi connectivity index (χ3n) is 2.82. The van der Waals surface area contributed by atoms with Crippen LogP contribution in [0, 0.1) is 0 Å². The number of aliphatic carboxylic acids is 1. The van der Waals surface area contributed by atoms with Gasteiger partial charge in [-0.05, 0) is 24.2 Å². The number of nitrogens with one attached hydrogen (secondary N) is 1. The van der Waals surface area contributed by atoms with Crippen molar-refractivity contribution in [2.24, 2.45) is 11.5 Å². The van der Waals surface area contributed by atoms with E-state index in [1.165, 1.54) is 6.07 Å². The summed E-state index contributed by atoms with van der Waals surface area (Å²) in [5.74, 6) is -0.491. The quantitative estimate of drug-likeness (QED) is 0.653. The maximum absolute atomic E-state index is 10.5. The minimum Gasteiger partial charge on any atom is -0.481 e. The Morgan fingerprint density at radius 2 is 1.95 bits per heavy atom. The number of halogens is 1. The summed E-state index contributed by atoms with van der Waals surface area (Å²) < 4.78 is 4.55. The number of H-pyrrole nitrogens is 1. The number of carbonyl (C=O) groups is 1. The van der Waals surface area contributed by atoms with Crippen LogP contribution in [0.5, 0.6) is 0 Å². The summed E-state index contributed by atoms with van der Waals surface area (Å²) in [4.78, 5) is 20.8. The van der Waals surface area contributed by atoms with Gasteiger partial charge in [0, 0.05) is 17.0 Å². The van der Waals surface area contributed by atoms with Gasteiger partial charge in [0.05, 0.1) is 13.0 Å². The number of benzene rings is 1. The van der Waals surface area contributed by atoms with Gasteiger partial charge in [0.2, 0.25) is 0 Å². The Bertz CT molecular complexity index is 636. The lowest BCUT2D eigenvalue weighted by Crippen LogP contribution is -2.16. The van der Waals surface area contributed by atoms with Crippen LogP contribution < -0.4 is 17.0 Å². The van der Waals surface area contributed by atoms with E-state index in [-0.39, 0.29) is 24.4 Å². The fourth-order valence-corrected chi connectivity index (χ4v) is 1.83. The van der Waals surface area contributed by atoms with Crippen LogP contribution in [-0.4, -0.2) is 22.8 Å². The Labute approximate surface area is 131 Å². The molecule has 120 valence electrons. The fraction of sp³-hybridized carbons (Fsp3) is 0.286. The molecule has 7 nitrogen and oxygen atoms in total. The topological polar surface area (TPSA) is 135 Å². The van der Waals surface area contributed by atoms with Crippen molar-refractivity contribution in [3.05, 3.63) is 57.0 Å². The average molecular weight is 328 g/mol. The second kappa shape index (κ2) is 9.04. The van der Waals surface area contributed by atoms with E-state index in [1.54, 1.807) is 12.1 Å². The van der Waals surface area contributed by atoms with Crippen LogP contribution in [0.25, 0.3) is 0 Å². The van der Waals surface area contributed by atoms with Crippen molar-refractivity contribution in [3.63, 3.8) is 0 Å². The summed E-state index contributed by atoms with van der Waals surface area (Å²) in [7, 11) is 0. The summed E-state index contributed by atoms with van der Waals surface area (Å²) in [6.45, 7) is 0.590. The number of carboxylic acid groups (broad SMARTS) is 1. The van der Waals surface area contributed by atoms with Gasteiger partial charge in [0.15, 0.2) is 5.76 Å². The monoisotopic (exact) mass is 327 g/mol. The molecule has 22 heavy (non-hydrogen) atoms. The third kappa shape index (κ3) is 6.13. The Morgan fingerprint density at radius 1 is 1.32 bits per heavy atom. The van der Waals surface area contributed by atoms with Gasteiger partial charge in [0.25, 0.3) is 5.56 Å². The fourth-order valence-electron chi connectivity index (χ4n) is 1.70. The smallest absolute Gasteiger partial charge is 0.304 e. The van der Waals surface area contributed by atoms with Crippen LogP contribution in [0.1, 0.15) is 23.7 Å². The predicted molar refractivity (Wildman–Crippen MR) is 82.7 cm³/mol. The first-order valence-corrected chi connectivity index (χ1v) is 6.88. The van der Waals surface area contributed by atoms with Gasteiger partial charge >= 0.3 is 5.97 Å². The summed E-state index contributed by atoms with van der Waals surface area (Å²) in [5.41, 5.74) is 11.3. The number of hydrogen-bond donors (Lipinski definition) is 4. The minimum atomic E-state index is -0.838. The lowest BCUT2D eigenvalue weighted by molar-refractivity contribution is -0.137. The van der Waals surface area contributed by atoms with Crippen molar-refractivity contribution in [3.8, 4) is 0 Å². The normalized spacial score (nSPS) is 11.4. The molecule has 0 aliphatic rings. The number of nitrogens with two attached hydrogens (primary N) is 2. The average Bonchev–Trinajstić information content (AvgIpc) is 2.92. The lowest BCUT2D eigenvalue weighted by atomic mass is 9.96. The Morgan fingerprint density at radius 3 is 2.32 bits per heavy atom. The number of hydrogen-bond acceptors (Lipinski definition) is 5. The summed E-state index contributed by atoms with van der Waals surface area (Å²) in [6.07, 6.45) is 0.0537. The second-order valence-electron chi connectivity index (χ2n) is 4.47. The van der Waals surface area contributed by atoms with Gasteiger partial charge < -0.3 is 21.1 Å². The molecule has 0 spiro atoms. The molecule has 2 aromatic rings. The minimum absolute atomic E-state index is 0.0537. The van der Waals surface area contributed by atoms with Gasteiger partial charge in [-0.15, -0.1) is 0 Å². The molecule has 6 N–H and O–H groups in total. The van der Waals surface area contributed by atoms with E-state index in [2.05, 4.69) is 9.68 Å². The highest BCUT2D eigenvalue weighted by Crippen LogP contribution is 2.20. The van der Waals surface area contributed by atoms with Gasteiger partial charge in [0.1, 0.15) is 0 Å². The maximum atomic E-state index is 10.5. The highest BCUT2D eigenvalue weighted by molar-refractivity contribution is 6.30. The zero-order valence-electron chi connectivity index (χ0n) is 11.8. The van der Waals surface area contributed by atoms with Crippen LogP contribution in [0.15, 0.2) is 39.6 Å². The molecule has 8 heteroatoms. The van der Waals surface area contributed by atoms with Crippen molar-refractivity contribution in [2.75, 3.05) is 6.54 Å². The first kappa shape index (κ1) is 18.0. The summed E-state index contributed by atoms with van der Waals surface area (Å²) >= 11 is 5.72. The molecule has 0 radical (unpaired) electrons. The van der Waals surface area contributed by atoms with Crippen LogP contribution in [0.2, 0.25) is 5.02 Å². The molecule has 0 bridgehead atoms. The molecule has 1 unspecified atom stereocenters. The van der Waals surface area contributed by atoms with Crippen molar-refractivity contribution >= 4 is 17.6 Å². The molecular formula is C14H18ClN3O4. The van der Waals surface area contributed by atoms with Gasteiger partial charge in [-0.2, -0.15) is 5.16 Å². The molecule has 0 saturated carbocycles. The molecule has 0 aliphatic heterocycles. The van der Waals surface area contributed by atoms with E-state index in [9.17, 15) is 9.59 Å². The van der Waals surface area contributed by atoms with E-state index < -0.39 is 5.97 Å². The second-order valence-corrected chi connectivity index (χ2v) is 4.90. The first-order valence-electron chi connectivity index (χ1n) is 6.51. The molecule has 1 aromatic carbocycles. The zero-order valence-corrected chi connectivity index (χ0v) is 12.5. The van der Waals surface area contributed by atoms with Gasteiger partial charge in [-0.3, -0.25) is 9.59 Å². The Hall–Kier alpha value is -2.09. The van der Waals surface area contributed by atoms with Crippen LogP contribution in [-0.2, 0) is 11.3 Å². The number of rotatable bonds is 5. The van der Waals surface area contributed by atoms with Crippen molar-refractivity contribution in [1.29, 1.82) is 0 Å². The van der Waals surface area contributed by atoms with E-state index in [0.717, 1.165) is 5.56 Å². The highest BCUT2D eigenvalue weighted by atomic mass is 35.5. The number of aromatic nitrogens is 1. The van der Waals surface area contributed by atoms with E-state index in [1.807, 2.05) is 12.1 Å². The number of carboxylic acids is 1. The summed E-state index contributed by atoms with van der Waals surface area (Å²) in [5, 5.41) is 11.4. The molecule has 1 heterocycles. The molecule has 2 rings (SSSR count). The van der Waals surface area contributed by atoms with Crippen LogP contribution >= 0.6 is 11.6 Å². The maximum Gasteiger partial charge on any atom is 0.304 e. The Balaban J connectivity index is 0.000000255. The standard InChI is InChI=1S/C10H12ClNO2.C4H6N2O2/c11-9-3-1-7(2-4-9)8(6-12)5-10(13)14;5-2-3-1-4(7)6-8-3/h1-4,8H,5-6,12H2,(H,13,14);1H,2,5H2,(H,6,7). The van der Waals surface area contributed by atoms with Crippen molar-refractivity contribution in [2.45, 2.75) is 18.9 Å². The SMILES string of the molecule is NCC(CC(=O)O)c1ccc(Cl)cc1.NCc1cc(=O)[nH]o1. The van der Waals surface area contributed by atoms with Crippen molar-refractivity contribution in [1.82, 2.24) is 5.16 Å². The molecule has 0 amide bonds. The molecule has 0 fully saturated rings. The molecular weight excluding hydrogens is 310 g/mol. The first-order chi connectivity index (χ1) is 10.5. The van der Waals surface area contributed by atoms with E-state index in [0.29, 0.717) is 17.3 Å². The highest BCUT2D eigenvalue weighted by Gasteiger charge is 2.13. The molecule has 1 aromatic heterocycles. The van der Waals surface area contributed by atoms with Crippen molar-refractivity contribution < 1.29 is 14.4 Å². The molecule has 0 saturated heterocycles. The van der Waals surface area contributed by atoms with Crippen LogP contribution in [0.4, 0.5) is 0 Å². The van der Waals surface area contributed by atoms with E-state index in [4.69, 9.17) is 28.2 Å². The molecule has 0 aliphatic carbocycles.